The molecule has 1 unspecified atom stereocenters. The number of halogens is 1. The van der Waals surface area contributed by atoms with Gasteiger partial charge in [-0.05, 0) is 74.2 Å². The van der Waals surface area contributed by atoms with Crippen LogP contribution in [0.25, 0.3) is 11.0 Å². The SMILES string of the molecule is CCOC(=O)C1=C(C)N(Cc2cccc(C(=O)N3CCC(n4c(=O)[nH]c5ccccc54)CC3)c2)C(=O)CC1c1cccc(Cl)c1. The summed E-state index contributed by atoms with van der Waals surface area (Å²) in [5, 5.41) is 0.529. The van der Waals surface area contributed by atoms with Crippen LogP contribution in [0.5, 0.6) is 0 Å². The number of likely N-dealkylation sites (tertiary alicyclic amines) is 1. The van der Waals surface area contributed by atoms with Crippen LogP contribution in [0.3, 0.4) is 0 Å². The summed E-state index contributed by atoms with van der Waals surface area (Å²) in [6.45, 7) is 4.99. The molecule has 4 aromatic rings. The van der Waals surface area contributed by atoms with E-state index in [0.717, 1.165) is 22.2 Å². The zero-order valence-corrected chi connectivity index (χ0v) is 26.0. The van der Waals surface area contributed by atoms with Gasteiger partial charge in [-0.3, -0.25) is 14.2 Å². The molecule has 9 nitrogen and oxygen atoms in total. The van der Waals surface area contributed by atoms with E-state index in [0.29, 0.717) is 47.8 Å². The molecule has 3 heterocycles. The Morgan fingerprint density at radius 3 is 2.49 bits per heavy atom. The number of allylic oxidation sites excluding steroid dienone is 1. The minimum absolute atomic E-state index is 0.00763. The van der Waals surface area contributed by atoms with Crippen LogP contribution in [0.15, 0.2) is 88.9 Å². The predicted octanol–water partition coefficient (Wildman–Crippen LogP) is 5.81. The summed E-state index contributed by atoms with van der Waals surface area (Å²) in [6.07, 6.45) is 1.44. The van der Waals surface area contributed by atoms with Crippen molar-refractivity contribution in [2.45, 2.75) is 51.6 Å². The van der Waals surface area contributed by atoms with Crippen molar-refractivity contribution >= 4 is 40.4 Å². The monoisotopic (exact) mass is 626 g/mol. The van der Waals surface area contributed by atoms with Crippen molar-refractivity contribution in [2.24, 2.45) is 0 Å². The highest BCUT2D eigenvalue weighted by molar-refractivity contribution is 6.30. The van der Waals surface area contributed by atoms with E-state index in [1.807, 2.05) is 58.0 Å². The molecule has 0 radical (unpaired) electrons. The van der Waals surface area contributed by atoms with Gasteiger partial charge in [0.15, 0.2) is 0 Å². The van der Waals surface area contributed by atoms with Crippen molar-refractivity contribution in [2.75, 3.05) is 19.7 Å². The number of nitrogens with one attached hydrogen (secondary N) is 1. The first-order valence-corrected chi connectivity index (χ1v) is 15.6. The normalized spacial score (nSPS) is 17.7. The Kier molecular flexibility index (Phi) is 8.63. The topological polar surface area (TPSA) is 105 Å². The van der Waals surface area contributed by atoms with Gasteiger partial charge in [0, 0.05) is 47.8 Å². The molecule has 6 rings (SSSR count). The second-order valence-corrected chi connectivity index (χ2v) is 12.0. The Balaban J connectivity index is 1.19. The first-order valence-electron chi connectivity index (χ1n) is 15.3. The standard InChI is InChI=1S/C35H35ClN4O5/c1-3-45-34(43)32-22(2)39(31(41)20-28(32)24-9-7-11-26(36)19-24)21-23-8-6-10-25(18-23)33(42)38-16-14-27(15-17-38)40-30-13-5-4-12-29(30)37-35(40)44/h4-13,18-19,27-28H,3,14-17,20-21H2,1-2H3,(H,37,44). The molecule has 10 heteroatoms. The molecular weight excluding hydrogens is 592 g/mol. The predicted molar refractivity (Wildman–Crippen MR) is 172 cm³/mol. The molecule has 45 heavy (non-hydrogen) atoms. The second-order valence-electron chi connectivity index (χ2n) is 11.6. The molecule has 2 amide bonds. The van der Waals surface area contributed by atoms with Gasteiger partial charge in [0.1, 0.15) is 0 Å². The van der Waals surface area contributed by atoms with Gasteiger partial charge in [0.2, 0.25) is 5.91 Å². The third-order valence-corrected chi connectivity index (χ3v) is 9.06. The molecule has 0 spiro atoms. The fourth-order valence-electron chi connectivity index (χ4n) is 6.62. The molecule has 1 saturated heterocycles. The summed E-state index contributed by atoms with van der Waals surface area (Å²) in [7, 11) is 0. The quantitative estimate of drug-likeness (QED) is 0.261. The van der Waals surface area contributed by atoms with Crippen molar-refractivity contribution in [3.63, 3.8) is 0 Å². The molecule has 1 fully saturated rings. The van der Waals surface area contributed by atoms with Crippen LogP contribution in [0.4, 0.5) is 0 Å². The van der Waals surface area contributed by atoms with E-state index in [1.165, 1.54) is 0 Å². The molecule has 2 aliphatic heterocycles. The van der Waals surface area contributed by atoms with Crippen LogP contribution < -0.4 is 5.69 Å². The highest BCUT2D eigenvalue weighted by Crippen LogP contribution is 2.38. The van der Waals surface area contributed by atoms with Gasteiger partial charge in [0.25, 0.3) is 5.91 Å². The van der Waals surface area contributed by atoms with Gasteiger partial charge in [-0.15, -0.1) is 0 Å². The summed E-state index contributed by atoms with van der Waals surface area (Å²) < 4.78 is 7.22. The molecule has 1 atom stereocenters. The van der Waals surface area contributed by atoms with E-state index in [-0.39, 0.29) is 43.1 Å². The number of ether oxygens (including phenoxy) is 1. The Hall–Kier alpha value is -4.63. The lowest BCUT2D eigenvalue weighted by molar-refractivity contribution is -0.140. The number of H-pyrrole nitrogens is 1. The molecule has 1 aromatic heterocycles. The molecule has 0 bridgehead atoms. The van der Waals surface area contributed by atoms with E-state index in [1.54, 1.807) is 43.0 Å². The number of benzene rings is 3. The van der Waals surface area contributed by atoms with Crippen molar-refractivity contribution in [1.82, 2.24) is 19.4 Å². The first-order chi connectivity index (χ1) is 21.7. The lowest BCUT2D eigenvalue weighted by Crippen LogP contribution is -2.40. The summed E-state index contributed by atoms with van der Waals surface area (Å²) >= 11 is 6.24. The maximum atomic E-state index is 13.6. The zero-order chi connectivity index (χ0) is 31.7. The largest absolute Gasteiger partial charge is 0.463 e. The van der Waals surface area contributed by atoms with Crippen LogP contribution in [-0.4, -0.2) is 56.8 Å². The lowest BCUT2D eigenvalue weighted by atomic mass is 9.83. The smallest absolute Gasteiger partial charge is 0.336 e. The second kappa shape index (κ2) is 12.8. The van der Waals surface area contributed by atoms with Crippen LogP contribution in [0.1, 0.15) is 66.6 Å². The Morgan fingerprint density at radius 2 is 1.73 bits per heavy atom. The highest BCUT2D eigenvalue weighted by atomic mass is 35.5. The number of aromatic amines is 1. The van der Waals surface area contributed by atoms with Crippen molar-refractivity contribution in [3.8, 4) is 0 Å². The van der Waals surface area contributed by atoms with Gasteiger partial charge in [-0.2, -0.15) is 0 Å². The summed E-state index contributed by atoms with van der Waals surface area (Å²) in [5.74, 6) is -1.15. The number of carbonyl (C=O) groups excluding carboxylic acids is 3. The molecule has 2 aliphatic rings. The summed E-state index contributed by atoms with van der Waals surface area (Å²) in [6, 6.07) is 22.1. The molecule has 0 saturated carbocycles. The van der Waals surface area contributed by atoms with E-state index in [9.17, 15) is 19.2 Å². The van der Waals surface area contributed by atoms with Crippen molar-refractivity contribution in [1.29, 1.82) is 0 Å². The number of carbonyl (C=O) groups is 3. The maximum absolute atomic E-state index is 13.6. The van der Waals surface area contributed by atoms with Gasteiger partial charge in [-0.1, -0.05) is 48.0 Å². The van der Waals surface area contributed by atoms with Crippen molar-refractivity contribution < 1.29 is 19.1 Å². The Bertz CT molecular complexity index is 1870. The minimum Gasteiger partial charge on any atom is -0.463 e. The Labute approximate surface area is 266 Å². The first kappa shape index (κ1) is 30.4. The van der Waals surface area contributed by atoms with Gasteiger partial charge < -0.3 is 19.5 Å². The highest BCUT2D eigenvalue weighted by Gasteiger charge is 2.37. The minimum atomic E-state index is -0.470. The summed E-state index contributed by atoms with van der Waals surface area (Å²) in [4.78, 5) is 59.3. The third-order valence-electron chi connectivity index (χ3n) is 8.82. The summed E-state index contributed by atoms with van der Waals surface area (Å²) in [5.41, 5.74) is 4.61. The van der Waals surface area contributed by atoms with E-state index in [2.05, 4.69) is 4.98 Å². The van der Waals surface area contributed by atoms with Crippen LogP contribution in [0.2, 0.25) is 5.02 Å². The molecular formula is C35H35ClN4O5. The van der Waals surface area contributed by atoms with Crippen LogP contribution in [-0.2, 0) is 20.9 Å². The number of rotatable bonds is 7. The van der Waals surface area contributed by atoms with E-state index >= 15 is 0 Å². The Morgan fingerprint density at radius 1 is 0.978 bits per heavy atom. The number of hydrogen-bond acceptors (Lipinski definition) is 5. The fourth-order valence-corrected chi connectivity index (χ4v) is 6.82. The van der Waals surface area contributed by atoms with E-state index < -0.39 is 11.9 Å². The van der Waals surface area contributed by atoms with Crippen molar-refractivity contribution in [3.05, 3.63) is 116 Å². The van der Waals surface area contributed by atoms with Gasteiger partial charge >= 0.3 is 11.7 Å². The van der Waals surface area contributed by atoms with Crippen LogP contribution in [0, 0.1) is 0 Å². The maximum Gasteiger partial charge on any atom is 0.336 e. The number of aromatic nitrogens is 2. The number of nitrogens with zero attached hydrogens (tertiary/aromatic N) is 3. The van der Waals surface area contributed by atoms with Crippen LogP contribution >= 0.6 is 11.6 Å². The molecule has 232 valence electrons. The van der Waals surface area contributed by atoms with Gasteiger partial charge in [0.05, 0.1) is 29.8 Å². The third kappa shape index (κ3) is 6.04. The average molecular weight is 627 g/mol. The zero-order valence-electron chi connectivity index (χ0n) is 25.3. The number of piperidine rings is 1. The number of amides is 2. The average Bonchev–Trinajstić information content (AvgIpc) is 3.38. The molecule has 1 N–H and O–H groups in total. The number of fused-ring (bicyclic) bond motifs is 1. The van der Waals surface area contributed by atoms with Gasteiger partial charge in [-0.25, -0.2) is 9.59 Å². The number of esters is 1. The van der Waals surface area contributed by atoms with E-state index in [4.69, 9.17) is 16.3 Å². The molecule has 0 aliphatic carbocycles. The number of hydrogen-bond donors (Lipinski definition) is 1. The molecule has 3 aromatic carbocycles. The lowest BCUT2D eigenvalue weighted by Gasteiger charge is -2.35. The fraction of sp³-hybridized carbons (Fsp3) is 0.314. The number of imidazole rings is 1. The number of para-hydroxylation sites is 2.